The van der Waals surface area contributed by atoms with Crippen LogP contribution in [0, 0.1) is 0 Å². The van der Waals surface area contributed by atoms with Crippen molar-refractivity contribution in [3.05, 3.63) is 102 Å². The van der Waals surface area contributed by atoms with Gasteiger partial charge in [-0.15, -0.1) is 0 Å². The lowest BCUT2D eigenvalue weighted by Crippen LogP contribution is -2.26. The molecular formula is C22H19N5O2. The van der Waals surface area contributed by atoms with Crippen LogP contribution < -0.4 is 10.6 Å². The number of amides is 2. The number of rotatable bonds is 6. The maximum absolute atomic E-state index is 12.7. The summed E-state index contributed by atoms with van der Waals surface area (Å²) in [4.78, 5) is 33.9. The summed E-state index contributed by atoms with van der Waals surface area (Å²) < 4.78 is 1.62. The Hall–Kier alpha value is -4.00. The molecule has 0 saturated heterocycles. The van der Waals surface area contributed by atoms with Crippen LogP contribution in [0.4, 0.5) is 0 Å². The first-order valence-electron chi connectivity index (χ1n) is 9.19. The molecule has 0 aliphatic carbocycles. The number of hydrogen-bond donors (Lipinski definition) is 2. The van der Waals surface area contributed by atoms with E-state index in [4.69, 9.17) is 0 Å². The summed E-state index contributed by atoms with van der Waals surface area (Å²) in [6.07, 6.45) is 3.38. The lowest BCUT2D eigenvalue weighted by atomic mass is 10.2. The highest BCUT2D eigenvalue weighted by Gasteiger charge is 2.21. The molecule has 0 aliphatic rings. The van der Waals surface area contributed by atoms with Crippen molar-refractivity contribution in [1.29, 1.82) is 0 Å². The zero-order valence-electron chi connectivity index (χ0n) is 15.6. The third kappa shape index (κ3) is 4.14. The van der Waals surface area contributed by atoms with Gasteiger partial charge in [0.2, 0.25) is 5.82 Å². The predicted molar refractivity (Wildman–Crippen MR) is 108 cm³/mol. The van der Waals surface area contributed by atoms with Crippen molar-refractivity contribution in [2.24, 2.45) is 0 Å². The van der Waals surface area contributed by atoms with E-state index < -0.39 is 0 Å². The standard InChI is InChI=1S/C22H19N5O2/c28-21(24-14-16-8-2-1-3-9-16)19-18-11-5-7-13-27(18)20(26-19)22(29)25-15-17-10-4-6-12-23-17/h1-13H,14-15H2,(H,24,28)(H,25,29). The molecule has 0 spiro atoms. The Labute approximate surface area is 167 Å². The van der Waals surface area contributed by atoms with Gasteiger partial charge in [0.15, 0.2) is 5.69 Å². The Bertz CT molecular complexity index is 1050. The van der Waals surface area contributed by atoms with E-state index in [-0.39, 0.29) is 29.9 Å². The second-order valence-electron chi connectivity index (χ2n) is 6.41. The van der Waals surface area contributed by atoms with Crippen LogP contribution in [-0.2, 0) is 13.1 Å². The van der Waals surface area contributed by atoms with E-state index in [9.17, 15) is 9.59 Å². The number of imidazole rings is 1. The lowest BCUT2D eigenvalue weighted by Gasteiger charge is -2.03. The first kappa shape index (κ1) is 18.4. The highest BCUT2D eigenvalue weighted by molar-refractivity contribution is 6.02. The molecule has 7 nitrogen and oxygen atoms in total. The van der Waals surface area contributed by atoms with Gasteiger partial charge < -0.3 is 10.6 Å². The van der Waals surface area contributed by atoms with Gasteiger partial charge in [-0.1, -0.05) is 42.5 Å². The van der Waals surface area contributed by atoms with Crippen LogP contribution in [0.1, 0.15) is 32.4 Å². The van der Waals surface area contributed by atoms with Gasteiger partial charge in [0.25, 0.3) is 11.8 Å². The number of carbonyl (C=O) groups is 2. The largest absolute Gasteiger partial charge is 0.347 e. The second kappa shape index (κ2) is 8.35. The number of carbonyl (C=O) groups excluding carboxylic acids is 2. The van der Waals surface area contributed by atoms with Crippen LogP contribution >= 0.6 is 0 Å². The molecule has 2 N–H and O–H groups in total. The van der Waals surface area contributed by atoms with Crippen molar-refractivity contribution in [2.75, 3.05) is 0 Å². The van der Waals surface area contributed by atoms with Gasteiger partial charge in [-0.2, -0.15) is 0 Å². The van der Waals surface area contributed by atoms with Crippen molar-refractivity contribution < 1.29 is 9.59 Å². The normalized spacial score (nSPS) is 10.6. The van der Waals surface area contributed by atoms with Crippen molar-refractivity contribution in [1.82, 2.24) is 25.0 Å². The smallest absolute Gasteiger partial charge is 0.288 e. The van der Waals surface area contributed by atoms with E-state index in [0.717, 1.165) is 11.3 Å². The Morgan fingerprint density at radius 3 is 2.38 bits per heavy atom. The van der Waals surface area contributed by atoms with Gasteiger partial charge in [-0.05, 0) is 29.8 Å². The quantitative estimate of drug-likeness (QED) is 0.534. The molecule has 0 bridgehead atoms. The molecule has 0 atom stereocenters. The summed E-state index contributed by atoms with van der Waals surface area (Å²) in [6.45, 7) is 0.656. The van der Waals surface area contributed by atoms with Crippen molar-refractivity contribution in [3.8, 4) is 0 Å². The number of pyridine rings is 2. The van der Waals surface area contributed by atoms with Crippen LogP contribution in [0.2, 0.25) is 0 Å². The molecule has 2 amide bonds. The van der Waals surface area contributed by atoms with Crippen LogP contribution in [0.5, 0.6) is 0 Å². The van der Waals surface area contributed by atoms with Gasteiger partial charge in [0, 0.05) is 18.9 Å². The fourth-order valence-corrected chi connectivity index (χ4v) is 2.98. The summed E-state index contributed by atoms with van der Waals surface area (Å²) in [5, 5.41) is 5.66. The van der Waals surface area contributed by atoms with E-state index in [0.29, 0.717) is 12.1 Å². The Morgan fingerprint density at radius 1 is 0.828 bits per heavy atom. The predicted octanol–water partition coefficient (Wildman–Crippen LogP) is 2.59. The van der Waals surface area contributed by atoms with E-state index in [1.54, 1.807) is 35.0 Å². The van der Waals surface area contributed by atoms with Crippen LogP contribution in [0.3, 0.4) is 0 Å². The topological polar surface area (TPSA) is 88.4 Å². The van der Waals surface area contributed by atoms with Crippen molar-refractivity contribution in [2.45, 2.75) is 13.1 Å². The minimum Gasteiger partial charge on any atom is -0.347 e. The molecule has 0 saturated carbocycles. The van der Waals surface area contributed by atoms with Gasteiger partial charge in [-0.3, -0.25) is 19.0 Å². The molecule has 0 radical (unpaired) electrons. The molecule has 4 rings (SSSR count). The van der Waals surface area contributed by atoms with Gasteiger partial charge >= 0.3 is 0 Å². The summed E-state index contributed by atoms with van der Waals surface area (Å²) in [7, 11) is 0. The molecule has 3 heterocycles. The average Bonchev–Trinajstić information content (AvgIpc) is 3.17. The SMILES string of the molecule is O=C(NCc1ccccc1)c1nc(C(=O)NCc2ccccn2)n2ccccc12. The zero-order chi connectivity index (χ0) is 20.1. The maximum Gasteiger partial charge on any atom is 0.288 e. The summed E-state index contributed by atoms with van der Waals surface area (Å²) >= 11 is 0. The number of hydrogen-bond acceptors (Lipinski definition) is 4. The Balaban J connectivity index is 1.54. The molecule has 0 fully saturated rings. The first-order valence-corrected chi connectivity index (χ1v) is 9.19. The first-order chi connectivity index (χ1) is 14.2. The van der Waals surface area contributed by atoms with Crippen molar-refractivity contribution >= 4 is 17.3 Å². The zero-order valence-corrected chi connectivity index (χ0v) is 15.6. The van der Waals surface area contributed by atoms with Gasteiger partial charge in [0.1, 0.15) is 0 Å². The van der Waals surface area contributed by atoms with Gasteiger partial charge in [-0.25, -0.2) is 4.98 Å². The molecule has 144 valence electrons. The number of benzene rings is 1. The number of fused-ring (bicyclic) bond motifs is 1. The van der Waals surface area contributed by atoms with Crippen LogP contribution in [0.15, 0.2) is 79.1 Å². The van der Waals surface area contributed by atoms with Crippen LogP contribution in [-0.4, -0.2) is 26.2 Å². The molecule has 0 aliphatic heterocycles. The van der Waals surface area contributed by atoms with E-state index in [1.807, 2.05) is 48.5 Å². The second-order valence-corrected chi connectivity index (χ2v) is 6.41. The van der Waals surface area contributed by atoms with Crippen LogP contribution in [0.25, 0.3) is 5.52 Å². The molecule has 7 heteroatoms. The average molecular weight is 385 g/mol. The summed E-state index contributed by atoms with van der Waals surface area (Å²) in [5.74, 6) is -0.554. The monoisotopic (exact) mass is 385 g/mol. The Morgan fingerprint density at radius 2 is 1.59 bits per heavy atom. The van der Waals surface area contributed by atoms with Crippen molar-refractivity contribution in [3.63, 3.8) is 0 Å². The minimum atomic E-state index is -0.376. The highest BCUT2D eigenvalue weighted by Crippen LogP contribution is 2.14. The van der Waals surface area contributed by atoms with E-state index in [1.165, 1.54) is 0 Å². The lowest BCUT2D eigenvalue weighted by molar-refractivity contribution is 0.0939. The number of nitrogens with one attached hydrogen (secondary N) is 2. The number of nitrogens with zero attached hydrogens (tertiary/aromatic N) is 3. The van der Waals surface area contributed by atoms with E-state index >= 15 is 0 Å². The summed E-state index contributed by atoms with van der Waals surface area (Å²) in [5.41, 5.74) is 2.51. The van der Waals surface area contributed by atoms with Gasteiger partial charge in [0.05, 0.1) is 17.8 Å². The molecule has 1 aromatic carbocycles. The third-order valence-corrected chi connectivity index (χ3v) is 4.42. The summed E-state index contributed by atoms with van der Waals surface area (Å²) in [6, 6.07) is 20.5. The number of aromatic nitrogens is 3. The van der Waals surface area contributed by atoms with E-state index in [2.05, 4.69) is 20.6 Å². The fourth-order valence-electron chi connectivity index (χ4n) is 2.98. The fraction of sp³-hybridized carbons (Fsp3) is 0.0909. The Kier molecular flexibility index (Phi) is 5.29. The third-order valence-electron chi connectivity index (χ3n) is 4.42. The molecule has 3 aromatic heterocycles. The molecule has 4 aromatic rings. The highest BCUT2D eigenvalue weighted by atomic mass is 16.2. The minimum absolute atomic E-state index is 0.154. The maximum atomic E-state index is 12.7. The molecule has 0 unspecified atom stereocenters. The molecule has 29 heavy (non-hydrogen) atoms. The molecular weight excluding hydrogens is 366 g/mol.